The molecule has 27 heavy (non-hydrogen) atoms. The maximum Gasteiger partial charge on any atom is 0.254 e. The van der Waals surface area contributed by atoms with Gasteiger partial charge < -0.3 is 9.80 Å². The van der Waals surface area contributed by atoms with Crippen molar-refractivity contribution in [3.05, 3.63) is 41.6 Å². The van der Waals surface area contributed by atoms with Crippen LogP contribution in [-0.4, -0.2) is 62.6 Å². The third kappa shape index (κ3) is 3.22. The number of fused-ring (bicyclic) bond motifs is 1. The van der Waals surface area contributed by atoms with Gasteiger partial charge in [-0.25, -0.2) is 0 Å². The minimum atomic E-state index is -0.0151. The highest BCUT2D eigenvalue weighted by molar-refractivity contribution is 5.97. The van der Waals surface area contributed by atoms with E-state index in [0.29, 0.717) is 11.1 Å². The van der Waals surface area contributed by atoms with E-state index in [-0.39, 0.29) is 17.4 Å². The minimum absolute atomic E-state index is 0.0133. The number of carbonyl (C=O) groups excluding carboxylic acids is 1. The molecular formula is C19H23N7O. The molecule has 1 saturated heterocycles. The van der Waals surface area contributed by atoms with E-state index in [0.717, 1.165) is 30.1 Å². The monoisotopic (exact) mass is 365 g/mol. The summed E-state index contributed by atoms with van der Waals surface area (Å²) in [5.74, 6) is 0.836. The quantitative estimate of drug-likeness (QED) is 0.763. The Morgan fingerprint density at radius 2 is 1.85 bits per heavy atom. The molecule has 4 rings (SSSR count). The standard InChI is InChI=1S/C19H23N7O/c1-19(2,3)16-7-8-17(23-22-16)26-10-13(11-26)25(4)18(27)12-5-6-14-15(9-12)21-24-20-14/h5-9,13H,10-11H2,1-4H3,(H,20,21,24). The maximum absolute atomic E-state index is 12.8. The van der Waals surface area contributed by atoms with Crippen LogP contribution >= 0.6 is 0 Å². The summed E-state index contributed by atoms with van der Waals surface area (Å²) in [6, 6.07) is 9.54. The number of aromatic amines is 1. The Hall–Kier alpha value is -3.03. The van der Waals surface area contributed by atoms with Crippen LogP contribution in [0.1, 0.15) is 36.8 Å². The zero-order chi connectivity index (χ0) is 19.2. The number of amides is 1. The third-order valence-electron chi connectivity index (χ3n) is 5.04. The predicted octanol–water partition coefficient (Wildman–Crippen LogP) is 2.01. The van der Waals surface area contributed by atoms with Gasteiger partial charge in [0.25, 0.3) is 5.91 Å². The molecule has 1 aromatic carbocycles. The van der Waals surface area contributed by atoms with Gasteiger partial charge in [0.15, 0.2) is 5.82 Å². The zero-order valence-corrected chi connectivity index (χ0v) is 16.0. The van der Waals surface area contributed by atoms with Crippen LogP contribution in [-0.2, 0) is 5.41 Å². The van der Waals surface area contributed by atoms with Crippen molar-refractivity contribution in [1.29, 1.82) is 0 Å². The first-order chi connectivity index (χ1) is 12.8. The van der Waals surface area contributed by atoms with Gasteiger partial charge in [0.05, 0.1) is 11.7 Å². The van der Waals surface area contributed by atoms with E-state index < -0.39 is 0 Å². The highest BCUT2D eigenvalue weighted by atomic mass is 16.2. The van der Waals surface area contributed by atoms with Crippen LogP contribution in [0.3, 0.4) is 0 Å². The fourth-order valence-electron chi connectivity index (χ4n) is 3.12. The number of likely N-dealkylation sites (N-methyl/N-ethyl adjacent to an activating group) is 1. The highest BCUT2D eigenvalue weighted by Gasteiger charge is 2.34. The Morgan fingerprint density at radius 1 is 1.11 bits per heavy atom. The highest BCUT2D eigenvalue weighted by Crippen LogP contribution is 2.25. The molecule has 0 radical (unpaired) electrons. The summed E-state index contributed by atoms with van der Waals surface area (Å²) in [6.45, 7) is 7.85. The van der Waals surface area contributed by atoms with Gasteiger partial charge in [-0.2, -0.15) is 20.5 Å². The van der Waals surface area contributed by atoms with Crippen molar-refractivity contribution in [3.8, 4) is 0 Å². The van der Waals surface area contributed by atoms with Crippen LogP contribution in [0.5, 0.6) is 0 Å². The van der Waals surface area contributed by atoms with Gasteiger partial charge in [-0.05, 0) is 30.3 Å². The Balaban J connectivity index is 1.40. The minimum Gasteiger partial charge on any atom is -0.351 e. The molecule has 3 heterocycles. The van der Waals surface area contributed by atoms with Crippen LogP contribution in [0, 0.1) is 0 Å². The van der Waals surface area contributed by atoms with E-state index in [1.165, 1.54) is 0 Å². The van der Waals surface area contributed by atoms with Crippen molar-refractivity contribution in [2.75, 3.05) is 25.0 Å². The second kappa shape index (κ2) is 6.29. The van der Waals surface area contributed by atoms with Gasteiger partial charge in [0, 0.05) is 31.1 Å². The van der Waals surface area contributed by atoms with Crippen molar-refractivity contribution in [1.82, 2.24) is 30.5 Å². The first-order valence-corrected chi connectivity index (χ1v) is 9.00. The Morgan fingerprint density at radius 3 is 2.52 bits per heavy atom. The lowest BCUT2D eigenvalue weighted by atomic mass is 9.92. The molecule has 0 unspecified atom stereocenters. The fraction of sp³-hybridized carbons (Fsp3) is 0.421. The van der Waals surface area contributed by atoms with Gasteiger partial charge in [-0.1, -0.05) is 20.8 Å². The predicted molar refractivity (Wildman–Crippen MR) is 103 cm³/mol. The molecule has 1 amide bonds. The zero-order valence-electron chi connectivity index (χ0n) is 16.0. The number of hydrogen-bond acceptors (Lipinski definition) is 6. The van der Waals surface area contributed by atoms with Crippen LogP contribution in [0.4, 0.5) is 5.82 Å². The van der Waals surface area contributed by atoms with E-state index in [1.807, 2.05) is 19.2 Å². The average Bonchev–Trinajstić information content (AvgIpc) is 3.07. The van der Waals surface area contributed by atoms with E-state index in [9.17, 15) is 4.79 Å². The molecule has 0 aliphatic carbocycles. The van der Waals surface area contributed by atoms with Crippen molar-refractivity contribution >= 4 is 22.8 Å². The van der Waals surface area contributed by atoms with Crippen LogP contribution in [0.15, 0.2) is 30.3 Å². The molecule has 140 valence electrons. The first-order valence-electron chi connectivity index (χ1n) is 9.00. The Kier molecular flexibility index (Phi) is 4.05. The van der Waals surface area contributed by atoms with Gasteiger partial charge >= 0.3 is 0 Å². The van der Waals surface area contributed by atoms with Gasteiger partial charge in [0.2, 0.25) is 0 Å². The molecule has 1 N–H and O–H groups in total. The van der Waals surface area contributed by atoms with Crippen molar-refractivity contribution in [2.24, 2.45) is 0 Å². The number of benzene rings is 1. The first kappa shape index (κ1) is 17.4. The molecule has 2 aromatic heterocycles. The second-order valence-corrected chi connectivity index (χ2v) is 8.03. The molecule has 3 aromatic rings. The molecule has 1 fully saturated rings. The van der Waals surface area contributed by atoms with E-state index in [2.05, 4.69) is 51.3 Å². The molecule has 1 aliphatic rings. The number of rotatable bonds is 3. The van der Waals surface area contributed by atoms with Crippen molar-refractivity contribution in [2.45, 2.75) is 32.2 Å². The second-order valence-electron chi connectivity index (χ2n) is 8.03. The largest absolute Gasteiger partial charge is 0.351 e. The number of carbonyl (C=O) groups is 1. The molecular weight excluding hydrogens is 342 g/mol. The van der Waals surface area contributed by atoms with E-state index in [4.69, 9.17) is 0 Å². The van der Waals surface area contributed by atoms with E-state index in [1.54, 1.807) is 23.1 Å². The molecule has 0 spiro atoms. The summed E-state index contributed by atoms with van der Waals surface area (Å²) in [5, 5.41) is 19.3. The van der Waals surface area contributed by atoms with Gasteiger partial charge in [-0.3, -0.25) is 4.79 Å². The van der Waals surface area contributed by atoms with E-state index >= 15 is 0 Å². The molecule has 8 nitrogen and oxygen atoms in total. The topological polar surface area (TPSA) is 90.9 Å². The SMILES string of the molecule is CN(C(=O)c1ccc2n[nH]nc2c1)C1CN(c2ccc(C(C)(C)C)nn2)C1. The summed E-state index contributed by atoms with van der Waals surface area (Å²) in [5.41, 5.74) is 3.02. The summed E-state index contributed by atoms with van der Waals surface area (Å²) in [7, 11) is 1.84. The molecule has 8 heteroatoms. The molecule has 0 bridgehead atoms. The average molecular weight is 365 g/mol. The fourth-order valence-corrected chi connectivity index (χ4v) is 3.12. The molecule has 0 atom stereocenters. The Labute approximate surface area is 157 Å². The summed E-state index contributed by atoms with van der Waals surface area (Å²) in [6.07, 6.45) is 0. The number of nitrogens with one attached hydrogen (secondary N) is 1. The van der Waals surface area contributed by atoms with Crippen molar-refractivity contribution in [3.63, 3.8) is 0 Å². The van der Waals surface area contributed by atoms with Gasteiger partial charge in [0.1, 0.15) is 11.0 Å². The lowest BCUT2D eigenvalue weighted by Gasteiger charge is -2.44. The normalized spacial score (nSPS) is 15.0. The third-order valence-corrected chi connectivity index (χ3v) is 5.04. The molecule has 1 aliphatic heterocycles. The number of anilines is 1. The summed E-state index contributed by atoms with van der Waals surface area (Å²) < 4.78 is 0. The lowest BCUT2D eigenvalue weighted by molar-refractivity contribution is 0.0705. The van der Waals surface area contributed by atoms with Gasteiger partial charge in [-0.15, -0.1) is 5.10 Å². The van der Waals surface area contributed by atoms with Crippen LogP contribution in [0.2, 0.25) is 0 Å². The Bertz CT molecular complexity index is 968. The van der Waals surface area contributed by atoms with Crippen LogP contribution in [0.25, 0.3) is 11.0 Å². The lowest BCUT2D eigenvalue weighted by Crippen LogP contribution is -2.60. The van der Waals surface area contributed by atoms with Crippen LogP contribution < -0.4 is 4.90 Å². The number of nitrogens with zero attached hydrogens (tertiary/aromatic N) is 6. The smallest absolute Gasteiger partial charge is 0.254 e. The summed E-state index contributed by atoms with van der Waals surface area (Å²) >= 11 is 0. The number of H-pyrrole nitrogens is 1. The maximum atomic E-state index is 12.8. The summed E-state index contributed by atoms with van der Waals surface area (Å²) in [4.78, 5) is 16.7. The van der Waals surface area contributed by atoms with Crippen molar-refractivity contribution < 1.29 is 4.79 Å². The molecule has 0 saturated carbocycles. The number of hydrogen-bond donors (Lipinski definition) is 1. The number of aromatic nitrogens is 5.